The third-order valence-corrected chi connectivity index (χ3v) is 5.48. The van der Waals surface area contributed by atoms with Crippen LogP contribution in [0.15, 0.2) is 0 Å². The molecule has 1 heteroatoms. The van der Waals surface area contributed by atoms with E-state index < -0.39 is 0 Å². The Morgan fingerprint density at radius 2 is 1.00 bits per heavy atom. The smallest absolute Gasteiger partial charge is 0.0208 e. The minimum Gasteiger partial charge on any atom is -0.134 e. The van der Waals surface area contributed by atoms with Crippen LogP contribution in [0, 0.1) is 11.8 Å². The molecule has 0 radical (unpaired) electrons. The van der Waals surface area contributed by atoms with E-state index in [4.69, 9.17) is 0 Å². The molecule has 2 aliphatic rings. The van der Waals surface area contributed by atoms with Crippen LogP contribution in [-0.2, 0) is 0 Å². The molecular weight excluding hydrogens is 187 g/mol. The lowest BCUT2D eigenvalue weighted by atomic mass is 9.77. The van der Waals surface area contributed by atoms with E-state index in [1.807, 2.05) is 0 Å². The van der Waals surface area contributed by atoms with Crippen LogP contribution in [0.25, 0.3) is 0 Å². The summed E-state index contributed by atoms with van der Waals surface area (Å²) in [6.07, 6.45) is 15.1. The SMILES string of the molecule is PC(C1CCCCC1)C1CCCCC1. The van der Waals surface area contributed by atoms with E-state index >= 15 is 0 Å². The maximum absolute atomic E-state index is 3.19. The first-order chi connectivity index (χ1) is 6.88. The second-order valence-electron chi connectivity index (χ2n) is 5.37. The van der Waals surface area contributed by atoms with Crippen molar-refractivity contribution in [3.05, 3.63) is 0 Å². The van der Waals surface area contributed by atoms with Crippen molar-refractivity contribution in [1.29, 1.82) is 0 Å². The Balaban J connectivity index is 1.82. The van der Waals surface area contributed by atoms with Gasteiger partial charge in [0, 0.05) is 0 Å². The molecular formula is C13H25P. The van der Waals surface area contributed by atoms with Crippen molar-refractivity contribution in [2.75, 3.05) is 0 Å². The van der Waals surface area contributed by atoms with E-state index in [-0.39, 0.29) is 0 Å². The fourth-order valence-corrected chi connectivity index (χ4v) is 4.19. The first kappa shape index (κ1) is 10.9. The Kier molecular flexibility index (Phi) is 4.29. The van der Waals surface area contributed by atoms with E-state index in [2.05, 4.69) is 9.24 Å². The van der Waals surface area contributed by atoms with Crippen molar-refractivity contribution < 1.29 is 0 Å². The molecule has 82 valence electrons. The second-order valence-corrected chi connectivity index (χ2v) is 6.14. The minimum atomic E-state index is 0.954. The van der Waals surface area contributed by atoms with Crippen molar-refractivity contribution in [3.63, 3.8) is 0 Å². The van der Waals surface area contributed by atoms with Gasteiger partial charge in [-0.05, 0) is 43.2 Å². The highest BCUT2D eigenvalue weighted by Crippen LogP contribution is 2.39. The van der Waals surface area contributed by atoms with Gasteiger partial charge in [-0.2, -0.15) is 0 Å². The van der Waals surface area contributed by atoms with Crippen LogP contribution in [0.2, 0.25) is 0 Å². The predicted octanol–water partition coefficient (Wildman–Crippen LogP) is 4.39. The summed E-state index contributed by atoms with van der Waals surface area (Å²) < 4.78 is 0. The average Bonchev–Trinajstić information content (AvgIpc) is 2.30. The molecule has 0 aromatic heterocycles. The quantitative estimate of drug-likeness (QED) is 0.595. The molecule has 0 spiro atoms. The van der Waals surface area contributed by atoms with Gasteiger partial charge in [0.2, 0.25) is 0 Å². The topological polar surface area (TPSA) is 0 Å². The van der Waals surface area contributed by atoms with E-state index in [9.17, 15) is 0 Å². The van der Waals surface area contributed by atoms with Gasteiger partial charge in [0.05, 0.1) is 0 Å². The molecule has 1 atom stereocenters. The molecule has 0 heterocycles. The summed E-state index contributed by atoms with van der Waals surface area (Å²) in [4.78, 5) is 0. The minimum absolute atomic E-state index is 0.954. The average molecular weight is 212 g/mol. The van der Waals surface area contributed by atoms with Crippen LogP contribution >= 0.6 is 9.24 Å². The molecule has 2 aliphatic carbocycles. The zero-order chi connectivity index (χ0) is 9.80. The van der Waals surface area contributed by atoms with Gasteiger partial charge < -0.3 is 0 Å². The van der Waals surface area contributed by atoms with E-state index in [0.717, 1.165) is 17.5 Å². The van der Waals surface area contributed by atoms with Crippen molar-refractivity contribution in [1.82, 2.24) is 0 Å². The van der Waals surface area contributed by atoms with Gasteiger partial charge >= 0.3 is 0 Å². The Morgan fingerprint density at radius 3 is 1.36 bits per heavy atom. The molecule has 0 aromatic rings. The molecule has 14 heavy (non-hydrogen) atoms. The van der Waals surface area contributed by atoms with Gasteiger partial charge in [-0.15, -0.1) is 9.24 Å². The number of rotatable bonds is 2. The van der Waals surface area contributed by atoms with Gasteiger partial charge in [-0.25, -0.2) is 0 Å². The summed E-state index contributed by atoms with van der Waals surface area (Å²) in [7, 11) is 3.19. The predicted molar refractivity (Wildman–Crippen MR) is 66.6 cm³/mol. The molecule has 2 saturated carbocycles. The number of hydrogen-bond donors (Lipinski definition) is 0. The van der Waals surface area contributed by atoms with E-state index in [1.54, 1.807) is 0 Å². The molecule has 0 nitrogen and oxygen atoms in total. The lowest BCUT2D eigenvalue weighted by Crippen LogP contribution is -2.27. The highest BCUT2D eigenvalue weighted by molar-refractivity contribution is 7.17. The van der Waals surface area contributed by atoms with Crippen LogP contribution in [0.1, 0.15) is 64.2 Å². The van der Waals surface area contributed by atoms with Crippen molar-refractivity contribution >= 4 is 9.24 Å². The van der Waals surface area contributed by atoms with Crippen LogP contribution in [0.3, 0.4) is 0 Å². The summed E-state index contributed by atoms with van der Waals surface area (Å²) in [6, 6.07) is 0. The molecule has 2 rings (SSSR count). The first-order valence-corrected chi connectivity index (χ1v) is 7.30. The monoisotopic (exact) mass is 212 g/mol. The highest BCUT2D eigenvalue weighted by Gasteiger charge is 2.27. The fraction of sp³-hybridized carbons (Fsp3) is 1.00. The van der Waals surface area contributed by atoms with E-state index in [0.29, 0.717) is 0 Å². The first-order valence-electron chi connectivity index (χ1n) is 6.63. The molecule has 0 aromatic carbocycles. The summed E-state index contributed by atoms with van der Waals surface area (Å²) in [5.74, 6) is 2.11. The standard InChI is InChI=1S/C13H25P/c14-13(11-7-3-1-4-8-11)12-9-5-2-6-10-12/h11-13H,1-10,14H2. The Morgan fingerprint density at radius 1 is 0.643 bits per heavy atom. The van der Waals surface area contributed by atoms with Crippen molar-refractivity contribution in [2.24, 2.45) is 11.8 Å². The summed E-state index contributed by atoms with van der Waals surface area (Å²) in [5, 5.41) is 0. The maximum atomic E-state index is 3.19. The van der Waals surface area contributed by atoms with Gasteiger partial charge in [0.15, 0.2) is 0 Å². The molecule has 0 N–H and O–H groups in total. The van der Waals surface area contributed by atoms with Gasteiger partial charge in [-0.3, -0.25) is 0 Å². The van der Waals surface area contributed by atoms with Gasteiger partial charge in [-0.1, -0.05) is 38.5 Å². The fourth-order valence-electron chi connectivity index (χ4n) is 3.42. The van der Waals surface area contributed by atoms with Crippen LogP contribution in [0.5, 0.6) is 0 Å². The zero-order valence-electron chi connectivity index (χ0n) is 9.38. The molecule has 2 fully saturated rings. The van der Waals surface area contributed by atoms with Crippen LogP contribution in [-0.4, -0.2) is 5.66 Å². The molecule has 0 amide bonds. The van der Waals surface area contributed by atoms with Crippen molar-refractivity contribution in [3.8, 4) is 0 Å². The molecule has 0 aliphatic heterocycles. The van der Waals surface area contributed by atoms with Crippen molar-refractivity contribution in [2.45, 2.75) is 69.9 Å². The van der Waals surface area contributed by atoms with Gasteiger partial charge in [0.25, 0.3) is 0 Å². The summed E-state index contributed by atoms with van der Waals surface area (Å²) in [6.45, 7) is 0. The highest BCUT2D eigenvalue weighted by atomic mass is 31.0. The third kappa shape index (κ3) is 2.72. The number of hydrogen-bond acceptors (Lipinski definition) is 0. The van der Waals surface area contributed by atoms with E-state index in [1.165, 1.54) is 64.2 Å². The Labute approximate surface area is 91.4 Å². The molecule has 0 bridgehead atoms. The second kappa shape index (κ2) is 5.50. The van der Waals surface area contributed by atoms with Crippen LogP contribution < -0.4 is 0 Å². The summed E-state index contributed by atoms with van der Waals surface area (Å²) in [5.41, 5.74) is 0.954. The third-order valence-electron chi connectivity index (χ3n) is 4.39. The Bertz CT molecular complexity index is 137. The normalized spacial score (nSPS) is 27.0. The largest absolute Gasteiger partial charge is 0.134 e. The molecule has 0 saturated heterocycles. The zero-order valence-corrected chi connectivity index (χ0v) is 10.5. The maximum Gasteiger partial charge on any atom is -0.0208 e. The lowest BCUT2D eigenvalue weighted by Gasteiger charge is -2.35. The molecule has 1 unspecified atom stereocenters. The summed E-state index contributed by atoms with van der Waals surface area (Å²) >= 11 is 0. The Hall–Kier alpha value is 0.430. The van der Waals surface area contributed by atoms with Gasteiger partial charge in [0.1, 0.15) is 0 Å². The lowest BCUT2D eigenvalue weighted by molar-refractivity contribution is 0.255. The van der Waals surface area contributed by atoms with Crippen LogP contribution in [0.4, 0.5) is 0 Å².